The van der Waals surface area contributed by atoms with Crippen molar-refractivity contribution in [2.24, 2.45) is 0 Å². The lowest BCUT2D eigenvalue weighted by atomic mass is 10.2. The topological polar surface area (TPSA) is 74.3 Å². The first-order valence-corrected chi connectivity index (χ1v) is 12.2. The minimum absolute atomic E-state index is 0.151. The van der Waals surface area contributed by atoms with Gasteiger partial charge in [-0.3, -0.25) is 9.36 Å². The van der Waals surface area contributed by atoms with Gasteiger partial charge in [-0.25, -0.2) is 9.97 Å². The molecule has 0 unspecified atom stereocenters. The fourth-order valence-electron chi connectivity index (χ4n) is 3.46. The number of fused-ring (bicyclic) bond motifs is 2. The van der Waals surface area contributed by atoms with Crippen LogP contribution in [0.3, 0.4) is 0 Å². The van der Waals surface area contributed by atoms with E-state index in [0.29, 0.717) is 17.3 Å². The molecule has 0 saturated heterocycles. The largest absolute Gasteiger partial charge is 0.494 e. The van der Waals surface area contributed by atoms with E-state index in [-0.39, 0.29) is 5.56 Å². The molecule has 0 bridgehead atoms. The Labute approximate surface area is 192 Å². The predicted molar refractivity (Wildman–Crippen MR) is 128 cm³/mol. The molecule has 3 heterocycles. The van der Waals surface area contributed by atoms with Gasteiger partial charge < -0.3 is 4.74 Å². The molecular formula is C23H21N5O2S2. The fraction of sp³-hybridized carbons (Fsp3) is 0.217. The highest BCUT2D eigenvalue weighted by atomic mass is 32.2. The molecule has 5 aromatic rings. The second kappa shape index (κ2) is 8.76. The van der Waals surface area contributed by atoms with Gasteiger partial charge in [-0.2, -0.15) is 9.61 Å². The zero-order valence-electron chi connectivity index (χ0n) is 17.7. The summed E-state index contributed by atoms with van der Waals surface area (Å²) in [6.07, 6.45) is 0.781. The molecule has 0 amide bonds. The van der Waals surface area contributed by atoms with Crippen LogP contribution in [0.4, 0.5) is 0 Å². The van der Waals surface area contributed by atoms with E-state index in [1.807, 2.05) is 56.3 Å². The third kappa shape index (κ3) is 3.89. The number of benzene rings is 2. The Morgan fingerprint density at radius 1 is 1.06 bits per heavy atom. The standard InChI is InChI=1S/C23H21N5O2S2/c1-3-20-26-28-21(29)13-15(24-23(28)32-20)14-31-22-25-18-7-5-6-8-19(18)27(22)16-9-11-17(12-10-16)30-4-2/h5-13H,3-4,14H2,1-2H3. The lowest BCUT2D eigenvalue weighted by Gasteiger charge is -2.10. The number of nitrogens with zero attached hydrogens (tertiary/aromatic N) is 5. The van der Waals surface area contributed by atoms with E-state index >= 15 is 0 Å². The maximum Gasteiger partial charge on any atom is 0.275 e. The highest BCUT2D eigenvalue weighted by molar-refractivity contribution is 7.98. The van der Waals surface area contributed by atoms with E-state index in [1.165, 1.54) is 15.9 Å². The monoisotopic (exact) mass is 463 g/mol. The maximum absolute atomic E-state index is 12.5. The van der Waals surface area contributed by atoms with Crippen LogP contribution in [0, 0.1) is 0 Å². The van der Waals surface area contributed by atoms with Crippen LogP contribution in [0.25, 0.3) is 21.7 Å². The third-order valence-electron chi connectivity index (χ3n) is 4.93. The highest BCUT2D eigenvalue weighted by Gasteiger charge is 2.15. The number of rotatable bonds is 7. The van der Waals surface area contributed by atoms with Crippen molar-refractivity contribution in [3.8, 4) is 11.4 Å². The average molecular weight is 464 g/mol. The van der Waals surface area contributed by atoms with Gasteiger partial charge in [0.25, 0.3) is 5.56 Å². The fourth-order valence-corrected chi connectivity index (χ4v) is 5.24. The number of hydrogen-bond donors (Lipinski definition) is 0. The van der Waals surface area contributed by atoms with E-state index in [0.717, 1.165) is 44.7 Å². The van der Waals surface area contributed by atoms with Crippen molar-refractivity contribution < 1.29 is 4.74 Å². The Hall–Kier alpha value is -3.17. The lowest BCUT2D eigenvalue weighted by Crippen LogP contribution is -2.15. The van der Waals surface area contributed by atoms with Crippen LogP contribution >= 0.6 is 23.1 Å². The van der Waals surface area contributed by atoms with Crippen molar-refractivity contribution in [2.75, 3.05) is 6.61 Å². The Bertz CT molecular complexity index is 1450. The van der Waals surface area contributed by atoms with Crippen LogP contribution in [-0.2, 0) is 12.2 Å². The quantitative estimate of drug-likeness (QED) is 0.325. The number of aryl methyl sites for hydroxylation is 1. The van der Waals surface area contributed by atoms with Gasteiger partial charge in [0, 0.05) is 17.5 Å². The van der Waals surface area contributed by atoms with Gasteiger partial charge in [-0.05, 0) is 49.7 Å². The molecule has 0 aliphatic carbocycles. The molecule has 2 aromatic carbocycles. The zero-order chi connectivity index (χ0) is 22.1. The Kier molecular flexibility index (Phi) is 5.67. The van der Waals surface area contributed by atoms with E-state index in [9.17, 15) is 4.79 Å². The molecule has 0 fully saturated rings. The smallest absolute Gasteiger partial charge is 0.275 e. The first-order valence-electron chi connectivity index (χ1n) is 10.4. The number of para-hydroxylation sites is 2. The van der Waals surface area contributed by atoms with Gasteiger partial charge >= 0.3 is 0 Å². The molecule has 0 aliphatic heterocycles. The molecule has 0 atom stereocenters. The normalized spacial score (nSPS) is 11.4. The maximum atomic E-state index is 12.5. The highest BCUT2D eigenvalue weighted by Crippen LogP contribution is 2.30. The van der Waals surface area contributed by atoms with Crippen LogP contribution in [0.15, 0.2) is 64.5 Å². The summed E-state index contributed by atoms with van der Waals surface area (Å²) in [5, 5.41) is 6.06. The zero-order valence-corrected chi connectivity index (χ0v) is 19.3. The van der Waals surface area contributed by atoms with Crippen molar-refractivity contribution in [1.29, 1.82) is 0 Å². The summed E-state index contributed by atoms with van der Waals surface area (Å²) in [4.78, 5) is 22.6. The summed E-state index contributed by atoms with van der Waals surface area (Å²) in [6.45, 7) is 4.62. The second-order valence-corrected chi connectivity index (χ2v) is 9.05. The average Bonchev–Trinajstić information content (AvgIpc) is 3.40. The van der Waals surface area contributed by atoms with Crippen LogP contribution in [0.5, 0.6) is 5.75 Å². The molecule has 0 aliphatic rings. The number of ether oxygens (including phenoxy) is 1. The molecule has 0 spiro atoms. The summed E-state index contributed by atoms with van der Waals surface area (Å²) in [5.74, 6) is 1.37. The van der Waals surface area contributed by atoms with E-state index in [2.05, 4.69) is 20.7 Å². The molecule has 9 heteroatoms. The molecular weight excluding hydrogens is 442 g/mol. The van der Waals surface area contributed by atoms with Gasteiger partial charge in [0.1, 0.15) is 10.8 Å². The molecule has 7 nitrogen and oxygen atoms in total. The van der Waals surface area contributed by atoms with Gasteiger partial charge in [-0.1, -0.05) is 42.2 Å². The van der Waals surface area contributed by atoms with Crippen molar-refractivity contribution in [3.05, 3.63) is 75.7 Å². The van der Waals surface area contributed by atoms with E-state index < -0.39 is 0 Å². The van der Waals surface area contributed by atoms with Crippen LogP contribution < -0.4 is 10.3 Å². The van der Waals surface area contributed by atoms with Crippen molar-refractivity contribution >= 4 is 39.1 Å². The molecule has 32 heavy (non-hydrogen) atoms. The molecule has 162 valence electrons. The first kappa shape index (κ1) is 20.7. The Balaban J connectivity index is 1.50. The van der Waals surface area contributed by atoms with E-state index in [1.54, 1.807) is 17.8 Å². The van der Waals surface area contributed by atoms with Crippen LogP contribution in [0.1, 0.15) is 24.5 Å². The van der Waals surface area contributed by atoms with Gasteiger partial charge in [0.2, 0.25) is 4.96 Å². The predicted octanol–water partition coefficient (Wildman–Crippen LogP) is 4.74. The minimum atomic E-state index is -0.151. The lowest BCUT2D eigenvalue weighted by molar-refractivity contribution is 0.340. The molecule has 0 radical (unpaired) electrons. The molecule has 5 rings (SSSR count). The van der Waals surface area contributed by atoms with E-state index in [4.69, 9.17) is 9.72 Å². The van der Waals surface area contributed by atoms with Gasteiger partial charge in [0.05, 0.1) is 23.3 Å². The first-order chi connectivity index (χ1) is 15.7. The van der Waals surface area contributed by atoms with Gasteiger partial charge in [0.15, 0.2) is 5.16 Å². The summed E-state index contributed by atoms with van der Waals surface area (Å²) >= 11 is 3.01. The Morgan fingerprint density at radius 2 is 1.88 bits per heavy atom. The van der Waals surface area contributed by atoms with Gasteiger partial charge in [-0.15, -0.1) is 0 Å². The second-order valence-electron chi connectivity index (χ2n) is 7.06. The SMILES string of the molecule is CCOc1ccc(-n2c(SCc3cc(=O)n4nc(CC)sc4n3)nc3ccccc32)cc1. The summed E-state index contributed by atoms with van der Waals surface area (Å²) in [5.41, 5.74) is 3.52. The summed E-state index contributed by atoms with van der Waals surface area (Å²) in [6, 6.07) is 17.6. The minimum Gasteiger partial charge on any atom is -0.494 e. The van der Waals surface area contributed by atoms with Crippen molar-refractivity contribution in [1.82, 2.24) is 24.1 Å². The van der Waals surface area contributed by atoms with Crippen molar-refractivity contribution in [2.45, 2.75) is 31.2 Å². The third-order valence-corrected chi connectivity index (χ3v) is 6.95. The van der Waals surface area contributed by atoms with Crippen LogP contribution in [-0.4, -0.2) is 30.8 Å². The number of aromatic nitrogens is 5. The van der Waals surface area contributed by atoms with Crippen LogP contribution in [0.2, 0.25) is 0 Å². The summed E-state index contributed by atoms with van der Waals surface area (Å²) in [7, 11) is 0. The molecule has 0 N–H and O–H groups in total. The summed E-state index contributed by atoms with van der Waals surface area (Å²) < 4.78 is 9.09. The van der Waals surface area contributed by atoms with Crippen molar-refractivity contribution in [3.63, 3.8) is 0 Å². The number of imidazole rings is 1. The molecule has 3 aromatic heterocycles. The number of hydrogen-bond acceptors (Lipinski definition) is 7. The number of thioether (sulfide) groups is 1. The Morgan fingerprint density at radius 3 is 2.66 bits per heavy atom. The molecule has 0 saturated carbocycles.